The maximum absolute atomic E-state index is 5.66. The molecule has 1 radical (unpaired) electrons. The molecule has 0 spiro atoms. The largest absolute Gasteiger partial charge is 0.415 e. The van der Waals surface area contributed by atoms with Crippen LogP contribution in [0, 0.1) is 5.92 Å². The first-order chi connectivity index (χ1) is 4.52. The van der Waals surface area contributed by atoms with Crippen LogP contribution in [0.15, 0.2) is 0 Å². The van der Waals surface area contributed by atoms with Crippen LogP contribution in [0.2, 0.25) is 12.6 Å². The lowest BCUT2D eigenvalue weighted by molar-refractivity contribution is 0.242. The van der Waals surface area contributed by atoms with E-state index in [1.165, 1.54) is 6.04 Å². The van der Waals surface area contributed by atoms with Crippen molar-refractivity contribution in [2.75, 3.05) is 0 Å². The average molecular weight is 159 g/mol. The van der Waals surface area contributed by atoms with Gasteiger partial charge in [0.05, 0.1) is 0 Å². The molecule has 0 fully saturated rings. The fourth-order valence-electron chi connectivity index (χ4n) is 1.03. The minimum atomic E-state index is -0.489. The van der Waals surface area contributed by atoms with Crippen LogP contribution in [0.4, 0.5) is 0 Å². The smallest absolute Gasteiger partial charge is 0.208 e. The van der Waals surface area contributed by atoms with Gasteiger partial charge in [0.15, 0.2) is 0 Å². The normalized spacial score (nSPS) is 12.0. The van der Waals surface area contributed by atoms with Gasteiger partial charge < -0.3 is 4.43 Å². The topological polar surface area (TPSA) is 9.23 Å². The first kappa shape index (κ1) is 10.2. The fraction of sp³-hybridized carbons (Fsp3) is 1.00. The Labute approximate surface area is 66.5 Å². The lowest BCUT2D eigenvalue weighted by atomic mass is 10.3. The van der Waals surface area contributed by atoms with E-state index >= 15 is 0 Å². The number of hydrogen-bond acceptors (Lipinski definition) is 1. The van der Waals surface area contributed by atoms with Crippen molar-refractivity contribution < 1.29 is 4.43 Å². The van der Waals surface area contributed by atoms with Gasteiger partial charge in [-0.15, -0.1) is 0 Å². The molecule has 0 aromatic rings. The molecule has 0 N–H and O–H groups in total. The van der Waals surface area contributed by atoms with Gasteiger partial charge in [-0.1, -0.05) is 13.8 Å². The third kappa shape index (κ3) is 6.30. The molecule has 0 unspecified atom stereocenters. The molecule has 0 bridgehead atoms. The Morgan fingerprint density at radius 3 is 2.00 bits per heavy atom. The fourth-order valence-corrected chi connectivity index (χ4v) is 3.08. The summed E-state index contributed by atoms with van der Waals surface area (Å²) in [7, 11) is -0.489. The Morgan fingerprint density at radius 1 is 1.20 bits per heavy atom. The van der Waals surface area contributed by atoms with Crippen molar-refractivity contribution in [3.05, 3.63) is 0 Å². The van der Waals surface area contributed by atoms with Crippen LogP contribution in [-0.4, -0.2) is 15.1 Å². The number of hydrogen-bond donors (Lipinski definition) is 0. The van der Waals surface area contributed by atoms with Gasteiger partial charge in [0.1, 0.15) is 0 Å². The second-order valence-corrected chi connectivity index (χ2v) is 5.51. The van der Waals surface area contributed by atoms with E-state index < -0.39 is 9.04 Å². The minimum Gasteiger partial charge on any atom is -0.415 e. The first-order valence-electron chi connectivity index (χ1n) is 4.01. The second kappa shape index (κ2) is 4.91. The van der Waals surface area contributed by atoms with Gasteiger partial charge in [0, 0.05) is 6.10 Å². The Kier molecular flexibility index (Phi) is 5.00. The predicted molar refractivity (Wildman–Crippen MR) is 47.5 cm³/mol. The maximum Gasteiger partial charge on any atom is 0.208 e. The summed E-state index contributed by atoms with van der Waals surface area (Å²) in [5, 5.41) is 0. The van der Waals surface area contributed by atoms with Crippen LogP contribution >= 0.6 is 0 Å². The SMILES string of the molecule is CC(C)C[Si](C)OC(C)C. The average Bonchev–Trinajstić information content (AvgIpc) is 1.58. The van der Waals surface area contributed by atoms with Crippen LogP contribution in [-0.2, 0) is 4.43 Å². The molecule has 0 saturated heterocycles. The zero-order valence-corrected chi connectivity index (χ0v) is 8.77. The van der Waals surface area contributed by atoms with Gasteiger partial charge in [-0.05, 0) is 32.4 Å². The van der Waals surface area contributed by atoms with Crippen molar-refractivity contribution in [3.8, 4) is 0 Å². The summed E-state index contributed by atoms with van der Waals surface area (Å²) in [5.41, 5.74) is 0. The van der Waals surface area contributed by atoms with Crippen LogP contribution < -0.4 is 0 Å². The molecule has 10 heavy (non-hydrogen) atoms. The molecule has 0 aromatic carbocycles. The van der Waals surface area contributed by atoms with E-state index in [1.807, 2.05) is 0 Å². The van der Waals surface area contributed by atoms with Crippen molar-refractivity contribution in [1.82, 2.24) is 0 Å². The molecule has 0 rings (SSSR count). The highest BCUT2D eigenvalue weighted by atomic mass is 28.3. The third-order valence-corrected chi connectivity index (χ3v) is 3.40. The Hall–Kier alpha value is 0.177. The summed E-state index contributed by atoms with van der Waals surface area (Å²) in [6.07, 6.45) is 0.414. The summed E-state index contributed by atoms with van der Waals surface area (Å²) in [5.74, 6) is 0.789. The van der Waals surface area contributed by atoms with Gasteiger partial charge in [-0.3, -0.25) is 0 Å². The van der Waals surface area contributed by atoms with E-state index in [9.17, 15) is 0 Å². The Bertz CT molecular complexity index is 71.3. The molecular weight excluding hydrogens is 140 g/mol. The molecule has 2 heteroatoms. The van der Waals surface area contributed by atoms with E-state index in [2.05, 4.69) is 34.2 Å². The van der Waals surface area contributed by atoms with E-state index in [1.54, 1.807) is 0 Å². The lowest BCUT2D eigenvalue weighted by Crippen LogP contribution is -2.20. The monoisotopic (exact) mass is 159 g/mol. The van der Waals surface area contributed by atoms with Crippen molar-refractivity contribution in [3.63, 3.8) is 0 Å². The summed E-state index contributed by atoms with van der Waals surface area (Å²) in [6.45, 7) is 10.9. The molecular formula is C8H19OSi. The predicted octanol–water partition coefficient (Wildman–Crippen LogP) is 2.69. The second-order valence-electron chi connectivity index (χ2n) is 3.47. The Balaban J connectivity index is 3.34. The van der Waals surface area contributed by atoms with Crippen LogP contribution in [0.25, 0.3) is 0 Å². The van der Waals surface area contributed by atoms with Gasteiger partial charge >= 0.3 is 0 Å². The Morgan fingerprint density at radius 2 is 1.70 bits per heavy atom. The standard InChI is InChI=1S/C8H19OSi/c1-7(2)6-10(5)9-8(3)4/h7-8H,6H2,1-5H3. The highest BCUT2D eigenvalue weighted by molar-refractivity contribution is 6.50. The zero-order chi connectivity index (χ0) is 8.15. The van der Waals surface area contributed by atoms with Gasteiger partial charge in [0.2, 0.25) is 9.04 Å². The van der Waals surface area contributed by atoms with Crippen LogP contribution in [0.3, 0.4) is 0 Å². The molecule has 0 amide bonds. The summed E-state index contributed by atoms with van der Waals surface area (Å²) >= 11 is 0. The quantitative estimate of drug-likeness (QED) is 0.573. The maximum atomic E-state index is 5.66. The van der Waals surface area contributed by atoms with Crippen LogP contribution in [0.5, 0.6) is 0 Å². The molecule has 0 aliphatic heterocycles. The lowest BCUT2D eigenvalue weighted by Gasteiger charge is -2.15. The van der Waals surface area contributed by atoms with E-state index in [0.717, 1.165) is 5.92 Å². The molecule has 0 aliphatic rings. The molecule has 0 heterocycles. The van der Waals surface area contributed by atoms with E-state index in [4.69, 9.17) is 4.43 Å². The first-order valence-corrected chi connectivity index (χ1v) is 6.13. The third-order valence-electron chi connectivity index (χ3n) is 1.13. The minimum absolute atomic E-state index is 0.414. The van der Waals surface area contributed by atoms with Crippen molar-refractivity contribution in [1.29, 1.82) is 0 Å². The van der Waals surface area contributed by atoms with E-state index in [-0.39, 0.29) is 0 Å². The van der Waals surface area contributed by atoms with Crippen molar-refractivity contribution in [2.45, 2.75) is 46.4 Å². The molecule has 0 saturated carbocycles. The summed E-state index contributed by atoms with van der Waals surface area (Å²) < 4.78 is 5.66. The summed E-state index contributed by atoms with van der Waals surface area (Å²) in [4.78, 5) is 0. The molecule has 0 aromatic heterocycles. The van der Waals surface area contributed by atoms with Gasteiger partial charge in [0.25, 0.3) is 0 Å². The van der Waals surface area contributed by atoms with E-state index in [0.29, 0.717) is 6.10 Å². The van der Waals surface area contributed by atoms with Gasteiger partial charge in [-0.25, -0.2) is 0 Å². The molecule has 61 valence electrons. The molecule has 0 aliphatic carbocycles. The van der Waals surface area contributed by atoms with Gasteiger partial charge in [-0.2, -0.15) is 0 Å². The molecule has 1 nitrogen and oxygen atoms in total. The highest BCUT2D eigenvalue weighted by Crippen LogP contribution is 2.07. The highest BCUT2D eigenvalue weighted by Gasteiger charge is 2.09. The summed E-state index contributed by atoms with van der Waals surface area (Å²) in [6, 6.07) is 1.27. The van der Waals surface area contributed by atoms with Crippen molar-refractivity contribution in [2.24, 2.45) is 5.92 Å². The van der Waals surface area contributed by atoms with Crippen molar-refractivity contribution >= 4 is 9.04 Å². The number of rotatable bonds is 4. The van der Waals surface area contributed by atoms with Crippen LogP contribution in [0.1, 0.15) is 27.7 Å². The zero-order valence-electron chi connectivity index (χ0n) is 7.77. The molecule has 0 atom stereocenters.